The Morgan fingerprint density at radius 3 is 3.00 bits per heavy atom. The van der Waals surface area contributed by atoms with E-state index < -0.39 is 0 Å². The summed E-state index contributed by atoms with van der Waals surface area (Å²) in [6, 6.07) is 5.44. The van der Waals surface area contributed by atoms with Crippen LogP contribution in [0.4, 0.5) is 5.69 Å². The first-order valence-corrected chi connectivity index (χ1v) is 6.65. The predicted molar refractivity (Wildman–Crippen MR) is 77.2 cm³/mol. The predicted octanol–water partition coefficient (Wildman–Crippen LogP) is 2.54. The molecule has 2 aromatic rings. The lowest BCUT2D eigenvalue weighted by molar-refractivity contribution is 0.0454. The van der Waals surface area contributed by atoms with Gasteiger partial charge in [-0.2, -0.15) is 0 Å². The number of pyridine rings is 1. The molecule has 0 saturated carbocycles. The van der Waals surface area contributed by atoms with Gasteiger partial charge >= 0.3 is 5.97 Å². The third-order valence-electron chi connectivity index (χ3n) is 3.05. The maximum atomic E-state index is 12.1. The third-order valence-corrected chi connectivity index (χ3v) is 3.05. The lowest BCUT2D eigenvalue weighted by Gasteiger charge is -2.08. The van der Waals surface area contributed by atoms with Gasteiger partial charge in [0, 0.05) is 18.9 Å². The van der Waals surface area contributed by atoms with Crippen molar-refractivity contribution in [3.05, 3.63) is 47.5 Å². The summed E-state index contributed by atoms with van der Waals surface area (Å²) >= 11 is 0. The number of hydrogen-bond donors (Lipinski definition) is 1. The SMILES string of the molecule is CCCn1cc(N)cc1C(=O)OCc1ncccc1C. The summed E-state index contributed by atoms with van der Waals surface area (Å²) < 4.78 is 7.14. The first-order valence-electron chi connectivity index (χ1n) is 6.65. The topological polar surface area (TPSA) is 70.1 Å². The fourth-order valence-corrected chi connectivity index (χ4v) is 2.01. The smallest absolute Gasteiger partial charge is 0.355 e. The summed E-state index contributed by atoms with van der Waals surface area (Å²) in [5.41, 5.74) is 8.56. The molecule has 2 aromatic heterocycles. The number of anilines is 1. The Hall–Kier alpha value is -2.30. The van der Waals surface area contributed by atoms with Crippen LogP contribution in [0.1, 0.15) is 35.1 Å². The first-order chi connectivity index (χ1) is 9.61. The highest BCUT2D eigenvalue weighted by Gasteiger charge is 2.14. The fraction of sp³-hybridized carbons (Fsp3) is 0.333. The average molecular weight is 273 g/mol. The molecule has 0 aliphatic rings. The van der Waals surface area contributed by atoms with Gasteiger partial charge in [-0.25, -0.2) is 4.79 Å². The molecule has 2 rings (SSSR count). The molecule has 20 heavy (non-hydrogen) atoms. The Labute approximate surface area is 118 Å². The normalized spacial score (nSPS) is 10.5. The number of aromatic nitrogens is 2. The van der Waals surface area contributed by atoms with Gasteiger partial charge in [0.2, 0.25) is 0 Å². The van der Waals surface area contributed by atoms with E-state index in [9.17, 15) is 4.79 Å². The molecule has 0 fully saturated rings. The number of aryl methyl sites for hydroxylation is 2. The zero-order chi connectivity index (χ0) is 14.5. The Morgan fingerprint density at radius 1 is 1.50 bits per heavy atom. The number of rotatable bonds is 5. The molecule has 2 N–H and O–H groups in total. The van der Waals surface area contributed by atoms with Gasteiger partial charge < -0.3 is 15.0 Å². The highest BCUT2D eigenvalue weighted by atomic mass is 16.5. The van der Waals surface area contributed by atoms with Crippen molar-refractivity contribution in [2.24, 2.45) is 0 Å². The van der Waals surface area contributed by atoms with E-state index in [0.29, 0.717) is 11.4 Å². The molecule has 0 spiro atoms. The van der Waals surface area contributed by atoms with Crippen molar-refractivity contribution in [3.63, 3.8) is 0 Å². The van der Waals surface area contributed by atoms with Crippen LogP contribution in [-0.2, 0) is 17.9 Å². The van der Waals surface area contributed by atoms with Gasteiger partial charge in [-0.15, -0.1) is 0 Å². The summed E-state index contributed by atoms with van der Waals surface area (Å²) in [6.45, 7) is 4.89. The van der Waals surface area contributed by atoms with Crippen LogP contribution < -0.4 is 5.73 Å². The molecule has 106 valence electrons. The standard InChI is InChI=1S/C15H19N3O2/c1-3-7-18-9-12(16)8-14(18)15(19)20-10-13-11(2)5-4-6-17-13/h4-6,8-9H,3,7,10,16H2,1-2H3. The molecule has 0 amide bonds. The minimum absolute atomic E-state index is 0.169. The monoisotopic (exact) mass is 273 g/mol. The van der Waals surface area contributed by atoms with Crippen LogP contribution in [0.3, 0.4) is 0 Å². The Bertz CT molecular complexity index is 605. The van der Waals surface area contributed by atoms with Crippen LogP contribution in [0.15, 0.2) is 30.6 Å². The lowest BCUT2D eigenvalue weighted by Crippen LogP contribution is -2.12. The summed E-state index contributed by atoms with van der Waals surface area (Å²) in [6.07, 6.45) is 4.37. The zero-order valence-electron chi connectivity index (χ0n) is 11.8. The summed E-state index contributed by atoms with van der Waals surface area (Å²) in [5.74, 6) is -0.375. The lowest BCUT2D eigenvalue weighted by atomic mass is 10.2. The first kappa shape index (κ1) is 14.1. The molecule has 0 aliphatic carbocycles. The largest absolute Gasteiger partial charge is 0.454 e. The van der Waals surface area contributed by atoms with Crippen molar-refractivity contribution < 1.29 is 9.53 Å². The minimum atomic E-state index is -0.375. The van der Waals surface area contributed by atoms with Crippen molar-refractivity contribution in [3.8, 4) is 0 Å². The second-order valence-corrected chi connectivity index (χ2v) is 4.70. The van der Waals surface area contributed by atoms with E-state index >= 15 is 0 Å². The van der Waals surface area contributed by atoms with Crippen LogP contribution in [0.25, 0.3) is 0 Å². The maximum Gasteiger partial charge on any atom is 0.355 e. The molecular formula is C15H19N3O2. The summed E-state index contributed by atoms with van der Waals surface area (Å²) in [4.78, 5) is 16.3. The molecule has 0 radical (unpaired) electrons. The second kappa shape index (κ2) is 6.23. The molecule has 0 atom stereocenters. The minimum Gasteiger partial charge on any atom is -0.454 e. The number of esters is 1. The molecule has 0 aromatic carbocycles. The van der Waals surface area contributed by atoms with Gasteiger partial charge in [0.1, 0.15) is 12.3 Å². The van der Waals surface area contributed by atoms with Crippen molar-refractivity contribution >= 4 is 11.7 Å². The van der Waals surface area contributed by atoms with Crippen molar-refractivity contribution in [1.82, 2.24) is 9.55 Å². The Morgan fingerprint density at radius 2 is 2.30 bits per heavy atom. The van der Waals surface area contributed by atoms with Gasteiger partial charge in [-0.05, 0) is 31.0 Å². The average Bonchev–Trinajstić information content (AvgIpc) is 2.79. The molecule has 2 heterocycles. The van der Waals surface area contributed by atoms with Crippen LogP contribution in [0, 0.1) is 6.92 Å². The van der Waals surface area contributed by atoms with Gasteiger partial charge in [0.05, 0.1) is 11.4 Å². The van der Waals surface area contributed by atoms with E-state index in [0.717, 1.165) is 24.2 Å². The maximum absolute atomic E-state index is 12.1. The van der Waals surface area contributed by atoms with E-state index in [2.05, 4.69) is 4.98 Å². The van der Waals surface area contributed by atoms with E-state index in [1.54, 1.807) is 18.5 Å². The molecular weight excluding hydrogens is 254 g/mol. The second-order valence-electron chi connectivity index (χ2n) is 4.70. The molecule has 0 aliphatic heterocycles. The van der Waals surface area contributed by atoms with Crippen molar-refractivity contribution in [2.75, 3.05) is 5.73 Å². The molecule has 0 saturated heterocycles. The highest BCUT2D eigenvalue weighted by molar-refractivity contribution is 5.89. The van der Waals surface area contributed by atoms with Crippen LogP contribution in [0.2, 0.25) is 0 Å². The number of carbonyl (C=O) groups excluding carboxylic acids is 1. The van der Waals surface area contributed by atoms with E-state index in [4.69, 9.17) is 10.5 Å². The Kier molecular flexibility index (Phi) is 4.40. The third kappa shape index (κ3) is 3.17. The van der Waals surface area contributed by atoms with E-state index in [1.165, 1.54) is 0 Å². The van der Waals surface area contributed by atoms with Crippen LogP contribution in [-0.4, -0.2) is 15.5 Å². The Balaban J connectivity index is 2.07. The zero-order valence-corrected chi connectivity index (χ0v) is 11.8. The summed E-state index contributed by atoms with van der Waals surface area (Å²) in [5, 5.41) is 0. The van der Waals surface area contributed by atoms with E-state index in [1.807, 2.05) is 30.5 Å². The van der Waals surface area contributed by atoms with Gasteiger partial charge in [0.15, 0.2) is 0 Å². The number of nitrogens with zero attached hydrogens (tertiary/aromatic N) is 2. The van der Waals surface area contributed by atoms with Crippen molar-refractivity contribution in [2.45, 2.75) is 33.4 Å². The number of carbonyl (C=O) groups is 1. The number of nitrogens with two attached hydrogens (primary N) is 1. The van der Waals surface area contributed by atoms with Crippen LogP contribution >= 0.6 is 0 Å². The van der Waals surface area contributed by atoms with Gasteiger partial charge in [0.25, 0.3) is 0 Å². The highest BCUT2D eigenvalue weighted by Crippen LogP contribution is 2.14. The number of nitrogen functional groups attached to an aromatic ring is 1. The van der Waals surface area contributed by atoms with Gasteiger partial charge in [-0.1, -0.05) is 13.0 Å². The summed E-state index contributed by atoms with van der Waals surface area (Å²) in [7, 11) is 0. The van der Waals surface area contributed by atoms with Crippen molar-refractivity contribution in [1.29, 1.82) is 0 Å². The van der Waals surface area contributed by atoms with E-state index in [-0.39, 0.29) is 12.6 Å². The molecule has 5 nitrogen and oxygen atoms in total. The molecule has 0 bridgehead atoms. The molecule has 5 heteroatoms. The van der Waals surface area contributed by atoms with Gasteiger partial charge in [-0.3, -0.25) is 4.98 Å². The fourth-order valence-electron chi connectivity index (χ4n) is 2.01. The quantitative estimate of drug-likeness (QED) is 0.850. The number of hydrogen-bond acceptors (Lipinski definition) is 4. The molecule has 0 unspecified atom stereocenters. The van der Waals surface area contributed by atoms with Crippen LogP contribution in [0.5, 0.6) is 0 Å². The number of ether oxygens (including phenoxy) is 1.